The smallest absolute Gasteiger partial charge is 0.134 e. The lowest BCUT2D eigenvalue weighted by atomic mass is 10.2. The van der Waals surface area contributed by atoms with Gasteiger partial charge in [0, 0.05) is 17.5 Å². The molecular formula is C11H8ClO. The van der Waals surface area contributed by atoms with Gasteiger partial charge in [-0.15, -0.1) is 0 Å². The Morgan fingerprint density at radius 2 is 2.00 bits per heavy atom. The minimum absolute atomic E-state index is 0.662. The summed E-state index contributed by atoms with van der Waals surface area (Å²) in [4.78, 5) is 0. The fourth-order valence-corrected chi connectivity index (χ4v) is 1.37. The van der Waals surface area contributed by atoms with E-state index in [0.717, 1.165) is 11.3 Å². The Morgan fingerprint density at radius 3 is 2.62 bits per heavy atom. The second-order valence-electron chi connectivity index (χ2n) is 2.78. The summed E-state index contributed by atoms with van der Waals surface area (Å²) in [5, 5.41) is 0.708. The highest BCUT2D eigenvalue weighted by Gasteiger charge is 2.01. The summed E-state index contributed by atoms with van der Waals surface area (Å²) < 4.78 is 5.35. The molecule has 1 heterocycles. The first-order valence-corrected chi connectivity index (χ1v) is 4.31. The molecule has 65 valence electrons. The maximum absolute atomic E-state index is 5.84. The number of benzene rings is 1. The van der Waals surface area contributed by atoms with E-state index in [4.69, 9.17) is 16.0 Å². The molecule has 1 aromatic heterocycles. The molecule has 13 heavy (non-hydrogen) atoms. The van der Waals surface area contributed by atoms with Crippen molar-refractivity contribution in [3.8, 4) is 11.3 Å². The molecule has 0 aliphatic carbocycles. The molecule has 0 N–H and O–H groups in total. The van der Waals surface area contributed by atoms with Gasteiger partial charge in [0.15, 0.2) is 0 Å². The second kappa shape index (κ2) is 3.27. The average molecular weight is 192 g/mol. The summed E-state index contributed by atoms with van der Waals surface area (Å²) >= 11 is 5.84. The molecule has 0 bridgehead atoms. The molecule has 2 heteroatoms. The molecule has 0 unspecified atom stereocenters. The van der Waals surface area contributed by atoms with Crippen LogP contribution in [-0.2, 0) is 0 Å². The van der Waals surface area contributed by atoms with Gasteiger partial charge in [-0.3, -0.25) is 0 Å². The summed E-state index contributed by atoms with van der Waals surface area (Å²) in [5.41, 5.74) is 0.974. The van der Waals surface area contributed by atoms with Crippen LogP contribution < -0.4 is 0 Å². The minimum atomic E-state index is 0.662. The molecule has 0 saturated carbocycles. The maximum Gasteiger partial charge on any atom is 0.134 e. The van der Waals surface area contributed by atoms with Gasteiger partial charge in [0.2, 0.25) is 0 Å². The van der Waals surface area contributed by atoms with Crippen molar-refractivity contribution in [2.24, 2.45) is 0 Å². The molecule has 0 saturated heterocycles. The monoisotopic (exact) mass is 191 g/mol. The summed E-state index contributed by atoms with van der Waals surface area (Å²) in [5.74, 6) is 1.46. The van der Waals surface area contributed by atoms with Gasteiger partial charge in [-0.05, 0) is 24.3 Å². The molecule has 0 atom stereocenters. The Balaban J connectivity index is 2.46. The zero-order chi connectivity index (χ0) is 9.26. The van der Waals surface area contributed by atoms with Crippen molar-refractivity contribution in [2.45, 2.75) is 0 Å². The zero-order valence-electron chi connectivity index (χ0n) is 6.96. The standard InChI is InChI=1S/C11H8ClO/c1-8-5-6-11(13-8)9-3-2-4-10(12)7-9/h2-7H,1H2. The van der Waals surface area contributed by atoms with Gasteiger partial charge in [-0.1, -0.05) is 23.7 Å². The van der Waals surface area contributed by atoms with E-state index in [1.165, 1.54) is 0 Å². The maximum atomic E-state index is 5.84. The van der Waals surface area contributed by atoms with E-state index in [9.17, 15) is 0 Å². The van der Waals surface area contributed by atoms with Crippen LogP contribution in [0.5, 0.6) is 0 Å². The van der Waals surface area contributed by atoms with Crippen molar-refractivity contribution in [1.29, 1.82) is 0 Å². The Morgan fingerprint density at radius 1 is 1.15 bits per heavy atom. The number of halogens is 1. The van der Waals surface area contributed by atoms with Crippen molar-refractivity contribution in [3.05, 3.63) is 54.1 Å². The van der Waals surface area contributed by atoms with Gasteiger partial charge in [-0.2, -0.15) is 0 Å². The van der Waals surface area contributed by atoms with Gasteiger partial charge < -0.3 is 4.42 Å². The fraction of sp³-hybridized carbons (Fsp3) is 0. The third kappa shape index (κ3) is 1.76. The van der Waals surface area contributed by atoms with Crippen LogP contribution in [0.15, 0.2) is 40.8 Å². The van der Waals surface area contributed by atoms with Crippen LogP contribution in [-0.4, -0.2) is 0 Å². The summed E-state index contributed by atoms with van der Waals surface area (Å²) in [6.07, 6.45) is 0. The Kier molecular flexibility index (Phi) is 2.11. The van der Waals surface area contributed by atoms with Crippen molar-refractivity contribution in [1.82, 2.24) is 0 Å². The van der Waals surface area contributed by atoms with Crippen LogP contribution in [0.1, 0.15) is 5.76 Å². The molecule has 0 spiro atoms. The molecule has 1 nitrogen and oxygen atoms in total. The van der Waals surface area contributed by atoms with E-state index in [1.54, 1.807) is 0 Å². The molecule has 2 rings (SSSR count). The van der Waals surface area contributed by atoms with E-state index >= 15 is 0 Å². The first-order valence-electron chi connectivity index (χ1n) is 3.93. The van der Waals surface area contributed by atoms with E-state index in [2.05, 4.69) is 6.92 Å². The summed E-state index contributed by atoms with van der Waals surface area (Å²) in [6, 6.07) is 11.2. The van der Waals surface area contributed by atoms with Crippen LogP contribution in [0.3, 0.4) is 0 Å². The summed E-state index contributed by atoms with van der Waals surface area (Å²) in [7, 11) is 0. The Bertz CT molecular complexity index is 418. The van der Waals surface area contributed by atoms with Crippen LogP contribution in [0, 0.1) is 6.92 Å². The van der Waals surface area contributed by atoms with Crippen LogP contribution in [0.4, 0.5) is 0 Å². The third-order valence-electron chi connectivity index (χ3n) is 1.77. The molecular weight excluding hydrogens is 184 g/mol. The van der Waals surface area contributed by atoms with E-state index in [1.807, 2.05) is 36.4 Å². The fourth-order valence-electron chi connectivity index (χ4n) is 1.17. The van der Waals surface area contributed by atoms with Crippen LogP contribution >= 0.6 is 11.6 Å². The lowest BCUT2D eigenvalue weighted by Gasteiger charge is -1.96. The van der Waals surface area contributed by atoms with Crippen molar-refractivity contribution in [2.75, 3.05) is 0 Å². The van der Waals surface area contributed by atoms with E-state index in [-0.39, 0.29) is 0 Å². The number of furan rings is 1. The highest BCUT2D eigenvalue weighted by Crippen LogP contribution is 2.24. The number of hydrogen-bond donors (Lipinski definition) is 0. The number of hydrogen-bond acceptors (Lipinski definition) is 1. The van der Waals surface area contributed by atoms with Gasteiger partial charge in [0.1, 0.15) is 11.5 Å². The van der Waals surface area contributed by atoms with Gasteiger partial charge >= 0.3 is 0 Å². The predicted octanol–water partition coefficient (Wildman–Crippen LogP) is 3.78. The van der Waals surface area contributed by atoms with E-state index in [0.29, 0.717) is 10.8 Å². The average Bonchev–Trinajstić information content (AvgIpc) is 2.52. The van der Waals surface area contributed by atoms with Gasteiger partial charge in [0.05, 0.1) is 0 Å². The molecule has 2 aromatic rings. The van der Waals surface area contributed by atoms with Crippen molar-refractivity contribution in [3.63, 3.8) is 0 Å². The Hall–Kier alpha value is -1.21. The lowest BCUT2D eigenvalue weighted by molar-refractivity contribution is 0.563. The molecule has 0 aliphatic rings. The molecule has 1 aromatic carbocycles. The molecule has 0 aliphatic heterocycles. The van der Waals surface area contributed by atoms with Gasteiger partial charge in [-0.25, -0.2) is 0 Å². The predicted molar refractivity (Wildman–Crippen MR) is 53.6 cm³/mol. The van der Waals surface area contributed by atoms with Crippen molar-refractivity contribution < 1.29 is 4.42 Å². The minimum Gasteiger partial charge on any atom is -0.461 e. The van der Waals surface area contributed by atoms with Crippen LogP contribution in [0.25, 0.3) is 11.3 Å². The highest BCUT2D eigenvalue weighted by atomic mass is 35.5. The Labute approximate surface area is 82.0 Å². The first-order chi connectivity index (χ1) is 6.25. The topological polar surface area (TPSA) is 13.1 Å². The number of rotatable bonds is 1. The largest absolute Gasteiger partial charge is 0.461 e. The molecule has 0 amide bonds. The quantitative estimate of drug-likeness (QED) is 0.669. The van der Waals surface area contributed by atoms with Gasteiger partial charge in [0.25, 0.3) is 0 Å². The zero-order valence-corrected chi connectivity index (χ0v) is 7.71. The third-order valence-corrected chi connectivity index (χ3v) is 2.01. The van der Waals surface area contributed by atoms with Crippen molar-refractivity contribution >= 4 is 11.6 Å². The second-order valence-corrected chi connectivity index (χ2v) is 3.21. The SMILES string of the molecule is [CH2]c1ccc(-c2cccc(Cl)c2)o1. The lowest BCUT2D eigenvalue weighted by Crippen LogP contribution is -1.72. The summed E-state index contributed by atoms with van der Waals surface area (Å²) in [6.45, 7) is 3.69. The first kappa shape index (κ1) is 8.39. The van der Waals surface area contributed by atoms with Crippen LogP contribution in [0.2, 0.25) is 5.02 Å². The highest BCUT2D eigenvalue weighted by molar-refractivity contribution is 6.30. The van der Waals surface area contributed by atoms with E-state index < -0.39 is 0 Å². The molecule has 0 fully saturated rings. The normalized spacial score (nSPS) is 10.3. The molecule has 1 radical (unpaired) electrons.